The van der Waals surface area contributed by atoms with Gasteiger partial charge in [-0.15, -0.1) is 0 Å². The molecule has 0 bridgehead atoms. The van der Waals surface area contributed by atoms with E-state index in [2.05, 4.69) is 24.1 Å². The molecule has 1 saturated carbocycles. The zero-order valence-electron chi connectivity index (χ0n) is 10.9. The predicted octanol–water partition coefficient (Wildman–Crippen LogP) is 0.863. The van der Waals surface area contributed by atoms with Gasteiger partial charge in [-0.05, 0) is 32.9 Å². The number of hydrogen-bond acceptors (Lipinski definition) is 4. The molecule has 0 saturated heterocycles. The first kappa shape index (κ1) is 12.4. The van der Waals surface area contributed by atoms with Crippen LogP contribution < -0.4 is 10.5 Å². The quantitative estimate of drug-likeness (QED) is 0.798. The van der Waals surface area contributed by atoms with Gasteiger partial charge in [-0.3, -0.25) is 4.68 Å². The summed E-state index contributed by atoms with van der Waals surface area (Å²) in [5.74, 6) is 1.43. The molecule has 1 aliphatic carbocycles. The van der Waals surface area contributed by atoms with Crippen LogP contribution in [0, 0.1) is 5.92 Å². The van der Waals surface area contributed by atoms with Crippen molar-refractivity contribution in [2.75, 3.05) is 27.7 Å². The Balaban J connectivity index is 2.16. The van der Waals surface area contributed by atoms with Crippen molar-refractivity contribution >= 4 is 0 Å². The van der Waals surface area contributed by atoms with Crippen molar-refractivity contribution in [2.24, 2.45) is 11.7 Å². The van der Waals surface area contributed by atoms with Crippen molar-refractivity contribution < 1.29 is 4.74 Å². The smallest absolute Gasteiger partial charge is 0.161 e. The average Bonchev–Trinajstić information content (AvgIpc) is 3.05. The highest BCUT2D eigenvalue weighted by atomic mass is 16.5. The summed E-state index contributed by atoms with van der Waals surface area (Å²) in [4.78, 5) is 2.14. The first-order valence-corrected chi connectivity index (χ1v) is 6.13. The van der Waals surface area contributed by atoms with Crippen molar-refractivity contribution in [1.29, 1.82) is 0 Å². The molecule has 0 radical (unpaired) electrons. The van der Waals surface area contributed by atoms with Crippen molar-refractivity contribution in [3.63, 3.8) is 0 Å². The SMILES string of the molecule is COc1cnn(CCN(C)C)c1C(N)C1CC1. The molecule has 0 spiro atoms. The van der Waals surface area contributed by atoms with E-state index < -0.39 is 0 Å². The molecule has 17 heavy (non-hydrogen) atoms. The maximum atomic E-state index is 6.27. The van der Waals surface area contributed by atoms with Crippen LogP contribution in [0.5, 0.6) is 5.75 Å². The number of aromatic nitrogens is 2. The summed E-state index contributed by atoms with van der Waals surface area (Å²) in [5, 5.41) is 4.38. The Bertz CT molecular complexity index is 371. The van der Waals surface area contributed by atoms with Gasteiger partial charge in [0.15, 0.2) is 5.75 Å². The summed E-state index contributed by atoms with van der Waals surface area (Å²) in [6.07, 6.45) is 4.22. The fourth-order valence-electron chi connectivity index (χ4n) is 2.02. The summed E-state index contributed by atoms with van der Waals surface area (Å²) in [6.45, 7) is 1.81. The van der Waals surface area contributed by atoms with Gasteiger partial charge < -0.3 is 15.4 Å². The molecule has 1 aromatic rings. The van der Waals surface area contributed by atoms with Crippen LogP contribution in [-0.4, -0.2) is 42.4 Å². The highest BCUT2D eigenvalue weighted by Gasteiger charge is 2.33. The summed E-state index contributed by atoms with van der Waals surface area (Å²) in [5.41, 5.74) is 7.33. The van der Waals surface area contributed by atoms with Gasteiger partial charge in [-0.2, -0.15) is 5.10 Å². The minimum atomic E-state index is 0.0645. The third kappa shape index (κ3) is 2.79. The number of likely N-dealkylation sites (N-methyl/N-ethyl adjacent to an activating group) is 1. The van der Waals surface area contributed by atoms with Gasteiger partial charge in [0, 0.05) is 6.54 Å². The van der Waals surface area contributed by atoms with E-state index in [-0.39, 0.29) is 6.04 Å². The number of ether oxygens (including phenoxy) is 1. The van der Waals surface area contributed by atoms with Gasteiger partial charge >= 0.3 is 0 Å². The third-order valence-corrected chi connectivity index (χ3v) is 3.27. The lowest BCUT2D eigenvalue weighted by Gasteiger charge is -2.16. The van der Waals surface area contributed by atoms with E-state index in [1.165, 1.54) is 12.8 Å². The van der Waals surface area contributed by atoms with Gasteiger partial charge in [-0.1, -0.05) is 0 Å². The number of nitrogens with zero attached hydrogens (tertiary/aromatic N) is 3. The minimum absolute atomic E-state index is 0.0645. The van der Waals surface area contributed by atoms with E-state index in [9.17, 15) is 0 Å². The molecule has 2 rings (SSSR count). The van der Waals surface area contributed by atoms with Crippen LogP contribution in [0.25, 0.3) is 0 Å². The monoisotopic (exact) mass is 238 g/mol. The zero-order chi connectivity index (χ0) is 12.4. The Hall–Kier alpha value is -1.07. The van der Waals surface area contributed by atoms with Gasteiger partial charge in [0.25, 0.3) is 0 Å². The average molecular weight is 238 g/mol. The van der Waals surface area contributed by atoms with Crippen LogP contribution in [0.2, 0.25) is 0 Å². The van der Waals surface area contributed by atoms with Crippen molar-refractivity contribution in [2.45, 2.75) is 25.4 Å². The minimum Gasteiger partial charge on any atom is -0.493 e. The first-order valence-electron chi connectivity index (χ1n) is 6.13. The molecule has 1 heterocycles. The van der Waals surface area contributed by atoms with E-state index in [1.54, 1.807) is 13.3 Å². The molecular weight excluding hydrogens is 216 g/mol. The Labute approximate surface area is 103 Å². The summed E-state index contributed by atoms with van der Waals surface area (Å²) in [6, 6.07) is 0.0645. The van der Waals surface area contributed by atoms with Crippen LogP contribution in [0.1, 0.15) is 24.6 Å². The summed E-state index contributed by atoms with van der Waals surface area (Å²) < 4.78 is 7.34. The van der Waals surface area contributed by atoms with Crippen LogP contribution in [0.15, 0.2) is 6.20 Å². The lowest BCUT2D eigenvalue weighted by molar-refractivity contribution is 0.358. The van der Waals surface area contributed by atoms with Crippen LogP contribution in [-0.2, 0) is 6.54 Å². The molecule has 1 aromatic heterocycles. The standard InChI is InChI=1S/C12H22N4O/c1-15(2)6-7-16-12(10(17-3)8-14-16)11(13)9-4-5-9/h8-9,11H,4-7,13H2,1-3H3. The second kappa shape index (κ2) is 5.06. The number of rotatable bonds is 6. The summed E-state index contributed by atoms with van der Waals surface area (Å²) in [7, 11) is 5.79. The van der Waals surface area contributed by atoms with E-state index >= 15 is 0 Å². The molecule has 96 valence electrons. The molecule has 2 N–H and O–H groups in total. The maximum Gasteiger partial charge on any atom is 0.161 e. The fourth-order valence-corrected chi connectivity index (χ4v) is 2.02. The highest BCUT2D eigenvalue weighted by molar-refractivity contribution is 5.29. The summed E-state index contributed by atoms with van der Waals surface area (Å²) >= 11 is 0. The first-order chi connectivity index (χ1) is 8.13. The topological polar surface area (TPSA) is 56.3 Å². The number of hydrogen-bond donors (Lipinski definition) is 1. The highest BCUT2D eigenvalue weighted by Crippen LogP contribution is 2.41. The molecule has 1 unspecified atom stereocenters. The largest absolute Gasteiger partial charge is 0.493 e. The van der Waals surface area contributed by atoms with Crippen molar-refractivity contribution in [3.8, 4) is 5.75 Å². The van der Waals surface area contributed by atoms with Crippen LogP contribution >= 0.6 is 0 Å². The maximum absolute atomic E-state index is 6.27. The van der Waals surface area contributed by atoms with Gasteiger partial charge in [-0.25, -0.2) is 0 Å². The Morgan fingerprint density at radius 1 is 1.59 bits per heavy atom. The molecule has 1 fully saturated rings. The Morgan fingerprint density at radius 2 is 2.29 bits per heavy atom. The van der Waals surface area contributed by atoms with Crippen molar-refractivity contribution in [3.05, 3.63) is 11.9 Å². The van der Waals surface area contributed by atoms with E-state index in [4.69, 9.17) is 10.5 Å². The molecule has 5 heteroatoms. The van der Waals surface area contributed by atoms with E-state index in [0.29, 0.717) is 5.92 Å². The molecule has 0 amide bonds. The molecule has 0 aliphatic heterocycles. The number of methoxy groups -OCH3 is 1. The molecule has 1 atom stereocenters. The second-order valence-corrected chi connectivity index (χ2v) is 4.99. The predicted molar refractivity (Wildman–Crippen MR) is 67.0 cm³/mol. The molecule has 1 aliphatic rings. The Kier molecular flexibility index (Phi) is 3.69. The van der Waals surface area contributed by atoms with Crippen molar-refractivity contribution in [1.82, 2.24) is 14.7 Å². The lowest BCUT2D eigenvalue weighted by Crippen LogP contribution is -2.24. The normalized spacial score (nSPS) is 17.5. The third-order valence-electron chi connectivity index (χ3n) is 3.27. The van der Waals surface area contributed by atoms with E-state index in [0.717, 1.165) is 24.5 Å². The second-order valence-electron chi connectivity index (χ2n) is 4.99. The van der Waals surface area contributed by atoms with Gasteiger partial charge in [0.2, 0.25) is 0 Å². The van der Waals surface area contributed by atoms with E-state index in [1.807, 2.05) is 4.68 Å². The molecule has 5 nitrogen and oxygen atoms in total. The van der Waals surface area contributed by atoms with Crippen LogP contribution in [0.4, 0.5) is 0 Å². The van der Waals surface area contributed by atoms with Crippen LogP contribution in [0.3, 0.4) is 0 Å². The van der Waals surface area contributed by atoms with Gasteiger partial charge in [0.05, 0.1) is 31.6 Å². The fraction of sp³-hybridized carbons (Fsp3) is 0.750. The van der Waals surface area contributed by atoms with Gasteiger partial charge in [0.1, 0.15) is 0 Å². The molecule has 0 aromatic carbocycles. The number of nitrogens with two attached hydrogens (primary N) is 1. The Morgan fingerprint density at radius 3 is 2.82 bits per heavy atom. The lowest BCUT2D eigenvalue weighted by atomic mass is 10.1. The zero-order valence-corrected chi connectivity index (χ0v) is 10.9. The molecular formula is C12H22N4O.